The molecular weight excluding hydrogens is 302 g/mol. The zero-order valence-electron chi connectivity index (χ0n) is 14.4. The van der Waals surface area contributed by atoms with Gasteiger partial charge in [0.25, 0.3) is 0 Å². The molecule has 0 amide bonds. The lowest BCUT2D eigenvalue weighted by atomic mass is 10.1. The number of rotatable bonds is 6. The fourth-order valence-electron chi connectivity index (χ4n) is 3.08. The van der Waals surface area contributed by atoms with Crippen LogP contribution in [0.4, 0.5) is 0 Å². The van der Waals surface area contributed by atoms with Gasteiger partial charge in [-0.2, -0.15) is 0 Å². The summed E-state index contributed by atoms with van der Waals surface area (Å²) in [5.41, 5.74) is 2.54. The molecule has 3 rings (SSSR count). The highest BCUT2D eigenvalue weighted by atomic mass is 16.5. The van der Waals surface area contributed by atoms with E-state index < -0.39 is 0 Å². The molecule has 0 bridgehead atoms. The Balaban J connectivity index is 1.54. The third kappa shape index (κ3) is 4.24. The van der Waals surface area contributed by atoms with Crippen LogP contribution in [0.1, 0.15) is 11.1 Å². The minimum Gasteiger partial charge on any atom is -0.497 e. The molecule has 0 saturated carbocycles. The van der Waals surface area contributed by atoms with E-state index in [1.807, 2.05) is 24.5 Å². The fraction of sp³-hybridized carbons (Fsp3) is 0.421. The van der Waals surface area contributed by atoms with E-state index in [1.54, 1.807) is 14.2 Å². The van der Waals surface area contributed by atoms with Crippen LogP contribution in [0.15, 0.2) is 42.7 Å². The Kier molecular flexibility index (Phi) is 5.67. The average molecular weight is 327 g/mol. The largest absolute Gasteiger partial charge is 0.497 e. The summed E-state index contributed by atoms with van der Waals surface area (Å²) in [6, 6.07) is 10.2. The Morgan fingerprint density at radius 2 is 1.54 bits per heavy atom. The first-order valence-electron chi connectivity index (χ1n) is 8.33. The Morgan fingerprint density at radius 1 is 0.875 bits per heavy atom. The summed E-state index contributed by atoms with van der Waals surface area (Å²) in [6.45, 7) is 6.22. The molecule has 1 aliphatic rings. The molecule has 1 saturated heterocycles. The van der Waals surface area contributed by atoms with Crippen LogP contribution in [0, 0.1) is 0 Å². The second kappa shape index (κ2) is 8.13. The normalized spacial score (nSPS) is 16.1. The maximum absolute atomic E-state index is 5.51. The highest BCUT2D eigenvalue weighted by Crippen LogP contribution is 2.26. The molecule has 128 valence electrons. The van der Waals surface area contributed by atoms with E-state index in [4.69, 9.17) is 9.47 Å². The van der Waals surface area contributed by atoms with Gasteiger partial charge in [-0.15, -0.1) is 0 Å². The lowest BCUT2D eigenvalue weighted by Gasteiger charge is -2.35. The van der Waals surface area contributed by atoms with Gasteiger partial charge in [-0.3, -0.25) is 14.8 Å². The van der Waals surface area contributed by atoms with Gasteiger partial charge < -0.3 is 9.47 Å². The van der Waals surface area contributed by atoms with Crippen molar-refractivity contribution < 1.29 is 9.47 Å². The van der Waals surface area contributed by atoms with Crippen LogP contribution < -0.4 is 9.47 Å². The van der Waals surface area contributed by atoms with Crippen molar-refractivity contribution in [3.05, 3.63) is 53.9 Å². The summed E-state index contributed by atoms with van der Waals surface area (Å²) in [6.07, 6.45) is 3.73. The van der Waals surface area contributed by atoms with Crippen LogP contribution >= 0.6 is 0 Å². The lowest BCUT2D eigenvalue weighted by Crippen LogP contribution is -2.45. The smallest absolute Gasteiger partial charge is 0.127 e. The first kappa shape index (κ1) is 16.7. The number of hydrogen-bond donors (Lipinski definition) is 0. The lowest BCUT2D eigenvalue weighted by molar-refractivity contribution is 0.121. The first-order valence-corrected chi connectivity index (χ1v) is 8.33. The van der Waals surface area contributed by atoms with E-state index in [2.05, 4.69) is 33.0 Å². The standard InChI is InChI=1S/C19H25N3O2/c1-23-18-4-3-17(19(13-18)24-2)15-22-11-9-21(10-12-22)14-16-5-7-20-8-6-16/h3-8,13H,9-12,14-15H2,1-2H3. The minimum atomic E-state index is 0.831. The van der Waals surface area contributed by atoms with Gasteiger partial charge in [-0.25, -0.2) is 0 Å². The van der Waals surface area contributed by atoms with Crippen LogP contribution in [-0.2, 0) is 13.1 Å². The van der Waals surface area contributed by atoms with E-state index in [1.165, 1.54) is 11.1 Å². The second-order valence-electron chi connectivity index (χ2n) is 6.09. The molecule has 0 spiro atoms. The highest BCUT2D eigenvalue weighted by Gasteiger charge is 2.18. The number of methoxy groups -OCH3 is 2. The monoisotopic (exact) mass is 327 g/mol. The van der Waals surface area contributed by atoms with Crippen molar-refractivity contribution in [2.75, 3.05) is 40.4 Å². The maximum atomic E-state index is 5.51. The van der Waals surface area contributed by atoms with Gasteiger partial charge in [0.15, 0.2) is 0 Å². The number of aromatic nitrogens is 1. The second-order valence-corrected chi connectivity index (χ2v) is 6.09. The van der Waals surface area contributed by atoms with E-state index in [0.29, 0.717) is 0 Å². The van der Waals surface area contributed by atoms with E-state index in [9.17, 15) is 0 Å². The zero-order chi connectivity index (χ0) is 16.8. The quantitative estimate of drug-likeness (QED) is 0.814. The highest BCUT2D eigenvalue weighted by molar-refractivity contribution is 5.40. The summed E-state index contributed by atoms with van der Waals surface area (Å²) in [5, 5.41) is 0. The van der Waals surface area contributed by atoms with Gasteiger partial charge in [0.05, 0.1) is 14.2 Å². The average Bonchev–Trinajstić information content (AvgIpc) is 2.64. The molecule has 1 aromatic carbocycles. The van der Waals surface area contributed by atoms with Crippen LogP contribution in [-0.4, -0.2) is 55.2 Å². The SMILES string of the molecule is COc1ccc(CN2CCN(Cc3ccncc3)CC2)c(OC)c1. The third-order valence-corrected chi connectivity index (χ3v) is 4.51. The van der Waals surface area contributed by atoms with Crippen molar-refractivity contribution in [1.82, 2.24) is 14.8 Å². The molecule has 0 N–H and O–H groups in total. The number of ether oxygens (including phenoxy) is 2. The first-order chi connectivity index (χ1) is 11.8. The van der Waals surface area contributed by atoms with E-state index >= 15 is 0 Å². The Bertz CT molecular complexity index is 640. The molecule has 1 aliphatic heterocycles. The van der Waals surface area contributed by atoms with Gasteiger partial charge >= 0.3 is 0 Å². The van der Waals surface area contributed by atoms with Crippen molar-refractivity contribution >= 4 is 0 Å². The molecular formula is C19H25N3O2. The van der Waals surface area contributed by atoms with Gasteiger partial charge in [-0.05, 0) is 23.8 Å². The number of pyridine rings is 1. The molecule has 2 heterocycles. The molecule has 5 nitrogen and oxygen atoms in total. The molecule has 24 heavy (non-hydrogen) atoms. The topological polar surface area (TPSA) is 37.8 Å². The van der Waals surface area contributed by atoms with Crippen molar-refractivity contribution in [3.63, 3.8) is 0 Å². The molecule has 5 heteroatoms. The summed E-state index contributed by atoms with van der Waals surface area (Å²) in [7, 11) is 3.39. The minimum absolute atomic E-state index is 0.831. The molecule has 0 radical (unpaired) electrons. The molecule has 0 atom stereocenters. The van der Waals surface area contributed by atoms with Gasteiger partial charge in [0.1, 0.15) is 11.5 Å². The Morgan fingerprint density at radius 3 is 2.17 bits per heavy atom. The van der Waals surface area contributed by atoms with Crippen LogP contribution in [0.25, 0.3) is 0 Å². The van der Waals surface area contributed by atoms with E-state index in [-0.39, 0.29) is 0 Å². The van der Waals surface area contributed by atoms with Crippen molar-refractivity contribution in [2.45, 2.75) is 13.1 Å². The van der Waals surface area contributed by atoms with Crippen molar-refractivity contribution in [2.24, 2.45) is 0 Å². The van der Waals surface area contributed by atoms with Crippen molar-refractivity contribution in [3.8, 4) is 11.5 Å². The predicted molar refractivity (Wildman–Crippen MR) is 94.3 cm³/mol. The summed E-state index contributed by atoms with van der Waals surface area (Å²) in [5.74, 6) is 1.73. The molecule has 1 fully saturated rings. The third-order valence-electron chi connectivity index (χ3n) is 4.51. The Hall–Kier alpha value is -2.11. The molecule has 1 aromatic heterocycles. The molecule has 0 unspecified atom stereocenters. The number of nitrogens with zero attached hydrogens (tertiary/aromatic N) is 3. The number of hydrogen-bond acceptors (Lipinski definition) is 5. The van der Waals surface area contributed by atoms with Crippen LogP contribution in [0.2, 0.25) is 0 Å². The zero-order valence-corrected chi connectivity index (χ0v) is 14.4. The molecule has 2 aromatic rings. The predicted octanol–water partition coefficient (Wildman–Crippen LogP) is 2.42. The van der Waals surface area contributed by atoms with Crippen molar-refractivity contribution in [1.29, 1.82) is 0 Å². The summed E-state index contributed by atoms with van der Waals surface area (Å²) >= 11 is 0. The number of piperazine rings is 1. The molecule has 0 aliphatic carbocycles. The van der Waals surface area contributed by atoms with Gasteiger partial charge in [0.2, 0.25) is 0 Å². The van der Waals surface area contributed by atoms with Gasteiger partial charge in [-0.1, -0.05) is 6.07 Å². The summed E-state index contributed by atoms with van der Waals surface area (Å²) < 4.78 is 10.8. The Labute approximate surface area is 143 Å². The number of benzene rings is 1. The summed E-state index contributed by atoms with van der Waals surface area (Å²) in [4.78, 5) is 9.06. The maximum Gasteiger partial charge on any atom is 0.127 e. The van der Waals surface area contributed by atoms with E-state index in [0.717, 1.165) is 50.8 Å². The van der Waals surface area contributed by atoms with Crippen LogP contribution in [0.5, 0.6) is 11.5 Å². The van der Waals surface area contributed by atoms with Gasteiger partial charge in [0, 0.05) is 63.3 Å². The fourth-order valence-corrected chi connectivity index (χ4v) is 3.08. The van der Waals surface area contributed by atoms with Crippen LogP contribution in [0.3, 0.4) is 0 Å².